The Bertz CT molecular complexity index is 441. The van der Waals surface area contributed by atoms with Crippen LogP contribution in [0.15, 0.2) is 18.5 Å². The van der Waals surface area contributed by atoms with Crippen LogP contribution in [0.2, 0.25) is 0 Å². The van der Waals surface area contributed by atoms with Gasteiger partial charge in [-0.05, 0) is 6.07 Å². The molecule has 2 rings (SSSR count). The monoisotopic (exact) mass is 211 g/mol. The normalized spacial score (nSPS) is 11.0. The molecule has 0 aliphatic heterocycles. The molecule has 0 bridgehead atoms. The summed E-state index contributed by atoms with van der Waals surface area (Å²) in [4.78, 5) is 4.22. The van der Waals surface area contributed by atoms with Crippen molar-refractivity contribution >= 4 is 17.2 Å². The highest BCUT2D eigenvalue weighted by molar-refractivity contribution is 6.17. The lowest BCUT2D eigenvalue weighted by molar-refractivity contribution is 0.180. The van der Waals surface area contributed by atoms with E-state index in [0.717, 1.165) is 16.9 Å². The summed E-state index contributed by atoms with van der Waals surface area (Å²) in [5.74, 6) is 0.402. The number of nitrogens with zero attached hydrogens (tertiary/aromatic N) is 3. The van der Waals surface area contributed by atoms with Gasteiger partial charge in [-0.2, -0.15) is 5.10 Å². The molecule has 0 aliphatic rings. The molecule has 2 aromatic heterocycles. The molecule has 0 N–H and O–H groups in total. The van der Waals surface area contributed by atoms with Gasteiger partial charge in [0.1, 0.15) is 0 Å². The van der Waals surface area contributed by atoms with E-state index >= 15 is 0 Å². The number of ether oxygens (including phenoxy) is 1. The first-order valence-corrected chi connectivity index (χ1v) is 4.76. The molecular formula is C9H10ClN3O. The van der Waals surface area contributed by atoms with Crippen molar-refractivity contribution in [2.75, 3.05) is 7.11 Å². The van der Waals surface area contributed by atoms with Crippen molar-refractivity contribution in [3.05, 3.63) is 29.7 Å². The van der Waals surface area contributed by atoms with Gasteiger partial charge in [0.05, 0.1) is 18.2 Å². The maximum absolute atomic E-state index is 5.84. The van der Waals surface area contributed by atoms with E-state index < -0.39 is 0 Å². The molecule has 4 nitrogen and oxygen atoms in total. The van der Waals surface area contributed by atoms with Gasteiger partial charge < -0.3 is 4.74 Å². The zero-order chi connectivity index (χ0) is 9.97. The first kappa shape index (κ1) is 9.43. The van der Waals surface area contributed by atoms with Gasteiger partial charge in [-0.3, -0.25) is 0 Å². The van der Waals surface area contributed by atoms with Crippen LogP contribution in [-0.4, -0.2) is 21.7 Å². The molecule has 0 unspecified atom stereocenters. The van der Waals surface area contributed by atoms with E-state index in [1.807, 2.05) is 12.3 Å². The van der Waals surface area contributed by atoms with Gasteiger partial charge in [0.25, 0.3) is 0 Å². The number of alkyl halides is 1. The average molecular weight is 212 g/mol. The third-order valence-electron chi connectivity index (χ3n) is 1.99. The molecule has 0 aliphatic carbocycles. The summed E-state index contributed by atoms with van der Waals surface area (Å²) in [6, 6.07) is 1.83. The van der Waals surface area contributed by atoms with Crippen LogP contribution in [0.25, 0.3) is 5.65 Å². The lowest BCUT2D eigenvalue weighted by atomic mass is 10.3. The van der Waals surface area contributed by atoms with Gasteiger partial charge >= 0.3 is 0 Å². The van der Waals surface area contributed by atoms with Crippen molar-refractivity contribution in [3.63, 3.8) is 0 Å². The minimum Gasteiger partial charge on any atom is -0.378 e. The Morgan fingerprint density at radius 1 is 1.57 bits per heavy atom. The first-order valence-electron chi connectivity index (χ1n) is 4.23. The van der Waals surface area contributed by atoms with Crippen molar-refractivity contribution in [1.82, 2.24) is 14.6 Å². The third-order valence-corrected chi connectivity index (χ3v) is 2.26. The van der Waals surface area contributed by atoms with Gasteiger partial charge in [-0.1, -0.05) is 0 Å². The number of halogens is 1. The molecule has 5 heteroatoms. The predicted molar refractivity (Wildman–Crippen MR) is 53.3 cm³/mol. The quantitative estimate of drug-likeness (QED) is 0.725. The number of hydrogen-bond donors (Lipinski definition) is 0. The van der Waals surface area contributed by atoms with Crippen molar-refractivity contribution in [1.29, 1.82) is 0 Å². The van der Waals surface area contributed by atoms with Crippen molar-refractivity contribution < 1.29 is 4.74 Å². The van der Waals surface area contributed by atoms with E-state index in [9.17, 15) is 0 Å². The summed E-state index contributed by atoms with van der Waals surface area (Å²) in [5, 5.41) is 4.32. The van der Waals surface area contributed by atoms with Crippen LogP contribution in [-0.2, 0) is 17.2 Å². The minimum absolute atomic E-state index is 0.402. The Labute approximate surface area is 86.5 Å². The predicted octanol–water partition coefficient (Wildman–Crippen LogP) is 1.61. The van der Waals surface area contributed by atoms with Gasteiger partial charge in [-0.15, -0.1) is 11.6 Å². The van der Waals surface area contributed by atoms with Gasteiger partial charge in [0.2, 0.25) is 0 Å². The standard InChI is InChI=1S/C9H10ClN3O/c1-14-6-8-7(5-10)9-11-3-2-4-13(9)12-8/h2-4H,5-6H2,1H3. The SMILES string of the molecule is COCc1nn2cccnc2c1CCl. The lowest BCUT2D eigenvalue weighted by Crippen LogP contribution is -1.92. The van der Waals surface area contributed by atoms with Crippen LogP contribution in [0, 0.1) is 0 Å². The summed E-state index contributed by atoms with van der Waals surface area (Å²) in [6.45, 7) is 0.464. The summed E-state index contributed by atoms with van der Waals surface area (Å²) < 4.78 is 6.75. The van der Waals surface area contributed by atoms with E-state index in [4.69, 9.17) is 16.3 Å². The first-order chi connectivity index (χ1) is 6.86. The zero-order valence-corrected chi connectivity index (χ0v) is 8.53. The Balaban J connectivity index is 2.60. The van der Waals surface area contributed by atoms with Crippen LogP contribution < -0.4 is 0 Å². The molecule has 14 heavy (non-hydrogen) atoms. The molecule has 74 valence electrons. The maximum atomic E-state index is 5.84. The molecule has 2 heterocycles. The summed E-state index contributed by atoms with van der Waals surface area (Å²) in [6.07, 6.45) is 3.57. The summed E-state index contributed by atoms with van der Waals surface area (Å²) in [7, 11) is 1.63. The molecule has 0 saturated heterocycles. The smallest absolute Gasteiger partial charge is 0.159 e. The minimum atomic E-state index is 0.402. The van der Waals surface area contributed by atoms with Crippen LogP contribution in [0.1, 0.15) is 11.3 Å². The fourth-order valence-electron chi connectivity index (χ4n) is 1.37. The van der Waals surface area contributed by atoms with Crippen LogP contribution in [0.4, 0.5) is 0 Å². The molecule has 0 atom stereocenters. The molecule has 0 radical (unpaired) electrons. The number of methoxy groups -OCH3 is 1. The van der Waals surface area contributed by atoms with Gasteiger partial charge in [-0.25, -0.2) is 9.50 Å². The molecular weight excluding hydrogens is 202 g/mol. The summed E-state index contributed by atoms with van der Waals surface area (Å²) in [5.41, 5.74) is 2.59. The second-order valence-electron chi connectivity index (χ2n) is 2.88. The third kappa shape index (κ3) is 1.47. The topological polar surface area (TPSA) is 39.4 Å². The fourth-order valence-corrected chi connectivity index (χ4v) is 1.64. The van der Waals surface area contributed by atoms with E-state index in [1.165, 1.54) is 0 Å². The van der Waals surface area contributed by atoms with E-state index in [-0.39, 0.29) is 0 Å². The Morgan fingerprint density at radius 3 is 3.14 bits per heavy atom. The number of aromatic nitrogens is 3. The van der Waals surface area contributed by atoms with Gasteiger partial charge in [0, 0.05) is 25.1 Å². The molecule has 0 fully saturated rings. The second kappa shape index (κ2) is 3.94. The van der Waals surface area contributed by atoms with Crippen LogP contribution in [0.3, 0.4) is 0 Å². The van der Waals surface area contributed by atoms with Crippen LogP contribution in [0.5, 0.6) is 0 Å². The van der Waals surface area contributed by atoms with Crippen LogP contribution >= 0.6 is 11.6 Å². The van der Waals surface area contributed by atoms with Crippen molar-refractivity contribution in [3.8, 4) is 0 Å². The van der Waals surface area contributed by atoms with E-state index in [0.29, 0.717) is 12.5 Å². The molecule has 0 spiro atoms. The highest BCUT2D eigenvalue weighted by Gasteiger charge is 2.11. The maximum Gasteiger partial charge on any atom is 0.159 e. The van der Waals surface area contributed by atoms with Crippen molar-refractivity contribution in [2.45, 2.75) is 12.5 Å². The Morgan fingerprint density at radius 2 is 2.43 bits per heavy atom. The number of rotatable bonds is 3. The molecule has 0 amide bonds. The number of fused-ring (bicyclic) bond motifs is 1. The fraction of sp³-hybridized carbons (Fsp3) is 0.333. The molecule has 0 saturated carbocycles. The van der Waals surface area contributed by atoms with E-state index in [2.05, 4.69) is 10.1 Å². The van der Waals surface area contributed by atoms with E-state index in [1.54, 1.807) is 17.8 Å². The molecule has 0 aromatic carbocycles. The number of hydrogen-bond acceptors (Lipinski definition) is 3. The Hall–Kier alpha value is -1.13. The zero-order valence-electron chi connectivity index (χ0n) is 7.77. The lowest BCUT2D eigenvalue weighted by Gasteiger charge is -1.95. The highest BCUT2D eigenvalue weighted by Crippen LogP contribution is 2.16. The second-order valence-corrected chi connectivity index (χ2v) is 3.15. The highest BCUT2D eigenvalue weighted by atomic mass is 35.5. The molecule has 2 aromatic rings. The average Bonchev–Trinajstić information content (AvgIpc) is 2.55. The summed E-state index contributed by atoms with van der Waals surface area (Å²) >= 11 is 5.84. The largest absolute Gasteiger partial charge is 0.378 e. The Kier molecular flexibility index (Phi) is 2.65. The van der Waals surface area contributed by atoms with Crippen molar-refractivity contribution in [2.24, 2.45) is 0 Å². The van der Waals surface area contributed by atoms with Gasteiger partial charge in [0.15, 0.2) is 5.65 Å².